The second kappa shape index (κ2) is 5.51. The van der Waals surface area contributed by atoms with Crippen LogP contribution in [-0.4, -0.2) is 19.7 Å². The summed E-state index contributed by atoms with van der Waals surface area (Å²) in [5.74, 6) is -0.664. The third-order valence-corrected chi connectivity index (χ3v) is 2.96. The molecule has 0 aliphatic heterocycles. The molecule has 6 nitrogen and oxygen atoms in total. The monoisotopic (exact) mass is 300 g/mol. The van der Waals surface area contributed by atoms with Crippen LogP contribution in [0.5, 0.6) is 0 Å². The van der Waals surface area contributed by atoms with Crippen LogP contribution in [0.1, 0.15) is 24.0 Å². The van der Waals surface area contributed by atoms with Crippen molar-refractivity contribution in [1.82, 2.24) is 14.8 Å². The number of benzene rings is 1. The van der Waals surface area contributed by atoms with Crippen molar-refractivity contribution in [1.29, 1.82) is 0 Å². The number of rotatable bonds is 4. The number of hydrogen-bond donors (Lipinski definition) is 0. The molecule has 112 valence electrons. The molecular formula is C12H11F3N4O2. The summed E-state index contributed by atoms with van der Waals surface area (Å²) in [5.41, 5.74) is -0.0315. The third-order valence-electron chi connectivity index (χ3n) is 2.96. The molecule has 2 rings (SSSR count). The van der Waals surface area contributed by atoms with E-state index in [0.29, 0.717) is 5.56 Å². The summed E-state index contributed by atoms with van der Waals surface area (Å²) in [6.07, 6.45) is -3.15. The Morgan fingerprint density at radius 1 is 1.33 bits per heavy atom. The van der Waals surface area contributed by atoms with E-state index in [9.17, 15) is 23.3 Å². The number of hydrogen-bond acceptors (Lipinski definition) is 4. The van der Waals surface area contributed by atoms with Crippen LogP contribution in [0.4, 0.5) is 19.1 Å². The highest BCUT2D eigenvalue weighted by atomic mass is 19.4. The van der Waals surface area contributed by atoms with Gasteiger partial charge in [0.25, 0.3) is 0 Å². The van der Waals surface area contributed by atoms with Gasteiger partial charge in [0, 0.05) is 11.0 Å². The Bertz CT molecular complexity index is 637. The van der Waals surface area contributed by atoms with E-state index in [2.05, 4.69) is 10.1 Å². The first kappa shape index (κ1) is 14.9. The van der Waals surface area contributed by atoms with Crippen LogP contribution in [0.15, 0.2) is 30.6 Å². The molecule has 1 atom stereocenters. The minimum Gasteiger partial charge on any atom is -0.390 e. The molecule has 1 aromatic heterocycles. The number of halogens is 3. The van der Waals surface area contributed by atoms with Gasteiger partial charge >= 0.3 is 12.1 Å². The van der Waals surface area contributed by atoms with E-state index in [0.717, 1.165) is 12.1 Å². The maximum Gasteiger partial charge on any atom is 0.490 e. The lowest BCUT2D eigenvalue weighted by molar-refractivity contribution is -0.394. The maximum absolute atomic E-state index is 12.5. The Kier molecular flexibility index (Phi) is 3.92. The highest BCUT2D eigenvalue weighted by Crippen LogP contribution is 2.30. The van der Waals surface area contributed by atoms with E-state index in [1.54, 1.807) is 6.92 Å². The molecular weight excluding hydrogens is 289 g/mol. The molecule has 0 unspecified atom stereocenters. The predicted molar refractivity (Wildman–Crippen MR) is 66.5 cm³/mol. The van der Waals surface area contributed by atoms with E-state index in [-0.39, 0.29) is 12.5 Å². The predicted octanol–water partition coefficient (Wildman–Crippen LogP) is 3.01. The molecule has 0 radical (unpaired) electrons. The molecule has 1 heterocycles. The van der Waals surface area contributed by atoms with E-state index < -0.39 is 22.6 Å². The zero-order valence-electron chi connectivity index (χ0n) is 10.9. The van der Waals surface area contributed by atoms with Gasteiger partial charge in [0.1, 0.15) is 0 Å². The van der Waals surface area contributed by atoms with Crippen molar-refractivity contribution < 1.29 is 18.1 Å². The minimum absolute atomic E-state index is 0.159. The Morgan fingerprint density at radius 3 is 2.43 bits per heavy atom. The van der Waals surface area contributed by atoms with Gasteiger partial charge in [-0.1, -0.05) is 24.0 Å². The SMILES string of the molecule is C[C@@H](Cn1cnc([N+](=O)[O-])n1)c1ccc(C(F)(F)F)cc1. The molecule has 0 aliphatic carbocycles. The second-order valence-corrected chi connectivity index (χ2v) is 4.54. The van der Waals surface area contributed by atoms with Gasteiger partial charge in [-0.25, -0.2) is 0 Å². The molecule has 0 fully saturated rings. The number of alkyl halides is 3. The standard InChI is InChI=1S/C12H11F3N4O2/c1-8(6-18-7-16-11(17-18)19(20)21)9-2-4-10(5-3-9)12(13,14)15/h2-5,7-8H,6H2,1H3/t8-/m0/s1. The van der Waals surface area contributed by atoms with Crippen LogP contribution in [0.3, 0.4) is 0 Å². The molecule has 0 saturated heterocycles. The van der Waals surface area contributed by atoms with Crippen molar-refractivity contribution in [3.8, 4) is 0 Å². The number of aromatic nitrogens is 3. The number of nitro groups is 1. The van der Waals surface area contributed by atoms with Gasteiger partial charge < -0.3 is 10.1 Å². The van der Waals surface area contributed by atoms with Crippen LogP contribution in [0.25, 0.3) is 0 Å². The lowest BCUT2D eigenvalue weighted by Gasteiger charge is -2.12. The fraction of sp³-hybridized carbons (Fsp3) is 0.333. The molecule has 0 aliphatic rings. The van der Waals surface area contributed by atoms with Gasteiger partial charge in [-0.2, -0.15) is 17.9 Å². The fourth-order valence-corrected chi connectivity index (χ4v) is 1.84. The topological polar surface area (TPSA) is 73.8 Å². The lowest BCUT2D eigenvalue weighted by Crippen LogP contribution is -2.09. The highest BCUT2D eigenvalue weighted by Gasteiger charge is 2.30. The third kappa shape index (κ3) is 3.56. The summed E-state index contributed by atoms with van der Waals surface area (Å²) >= 11 is 0. The largest absolute Gasteiger partial charge is 0.490 e. The summed E-state index contributed by atoms with van der Waals surface area (Å²) in [5, 5.41) is 14.1. The van der Waals surface area contributed by atoms with Crippen molar-refractivity contribution in [2.45, 2.75) is 25.6 Å². The van der Waals surface area contributed by atoms with E-state index in [4.69, 9.17) is 0 Å². The van der Waals surface area contributed by atoms with Gasteiger partial charge in [0.05, 0.1) is 12.1 Å². The Balaban J connectivity index is 2.09. The van der Waals surface area contributed by atoms with E-state index >= 15 is 0 Å². The zero-order chi connectivity index (χ0) is 15.6. The summed E-state index contributed by atoms with van der Waals surface area (Å²) in [4.78, 5) is 13.3. The molecule has 21 heavy (non-hydrogen) atoms. The van der Waals surface area contributed by atoms with Crippen molar-refractivity contribution in [2.75, 3.05) is 0 Å². The first-order valence-electron chi connectivity index (χ1n) is 5.98. The van der Waals surface area contributed by atoms with Gasteiger partial charge in [0.15, 0.2) is 0 Å². The van der Waals surface area contributed by atoms with Crippen molar-refractivity contribution in [2.24, 2.45) is 0 Å². The average Bonchev–Trinajstić information content (AvgIpc) is 2.86. The van der Waals surface area contributed by atoms with Gasteiger partial charge in [-0.3, -0.25) is 0 Å². The second-order valence-electron chi connectivity index (χ2n) is 4.54. The summed E-state index contributed by atoms with van der Waals surface area (Å²) < 4.78 is 38.7. The van der Waals surface area contributed by atoms with E-state index in [1.165, 1.54) is 23.1 Å². The Hall–Kier alpha value is -2.45. The van der Waals surface area contributed by atoms with Crippen LogP contribution in [-0.2, 0) is 12.7 Å². The molecule has 0 bridgehead atoms. The van der Waals surface area contributed by atoms with Crippen molar-refractivity contribution in [3.05, 3.63) is 51.8 Å². The molecule has 9 heteroatoms. The average molecular weight is 300 g/mol. The van der Waals surface area contributed by atoms with Crippen LogP contribution in [0, 0.1) is 10.1 Å². The van der Waals surface area contributed by atoms with Crippen molar-refractivity contribution in [3.63, 3.8) is 0 Å². The summed E-state index contributed by atoms with van der Waals surface area (Å²) in [6, 6.07) is 4.79. The van der Waals surface area contributed by atoms with Gasteiger partial charge in [0.2, 0.25) is 6.33 Å². The molecule has 0 saturated carbocycles. The molecule has 0 N–H and O–H groups in total. The maximum atomic E-state index is 12.5. The van der Waals surface area contributed by atoms with Crippen molar-refractivity contribution >= 4 is 5.95 Å². The lowest BCUT2D eigenvalue weighted by atomic mass is 10.00. The van der Waals surface area contributed by atoms with Gasteiger partial charge in [-0.15, -0.1) is 0 Å². The smallest absolute Gasteiger partial charge is 0.390 e. The normalized spacial score (nSPS) is 13.1. The van der Waals surface area contributed by atoms with Gasteiger partial charge in [-0.05, 0) is 22.6 Å². The first-order valence-corrected chi connectivity index (χ1v) is 5.98. The zero-order valence-corrected chi connectivity index (χ0v) is 10.9. The van der Waals surface area contributed by atoms with Crippen LogP contribution >= 0.6 is 0 Å². The van der Waals surface area contributed by atoms with E-state index in [1.807, 2.05) is 0 Å². The quantitative estimate of drug-likeness (QED) is 0.642. The summed E-state index contributed by atoms with van der Waals surface area (Å²) in [7, 11) is 0. The highest BCUT2D eigenvalue weighted by molar-refractivity contribution is 5.26. The summed E-state index contributed by atoms with van der Waals surface area (Å²) in [6.45, 7) is 2.07. The molecule has 2 aromatic rings. The molecule has 0 spiro atoms. The first-order chi connectivity index (χ1) is 9.77. The molecule has 0 amide bonds. The fourth-order valence-electron chi connectivity index (χ4n) is 1.84. The minimum atomic E-state index is -4.37. The number of nitrogens with zero attached hydrogens (tertiary/aromatic N) is 4. The Morgan fingerprint density at radius 2 is 1.95 bits per heavy atom. The van der Waals surface area contributed by atoms with Crippen LogP contribution < -0.4 is 0 Å². The molecule has 1 aromatic carbocycles. The Labute approximate surface area is 117 Å². The van der Waals surface area contributed by atoms with Crippen LogP contribution in [0.2, 0.25) is 0 Å².